The first kappa shape index (κ1) is 17.1. The van der Waals surface area contributed by atoms with Crippen LogP contribution in [-0.2, 0) is 14.2 Å². The number of nitrogens with one attached hydrogen (secondary N) is 1. The molecule has 0 radical (unpaired) electrons. The Bertz CT molecular complexity index is 245. The lowest BCUT2D eigenvalue weighted by molar-refractivity contribution is 0.163. The van der Waals surface area contributed by atoms with Gasteiger partial charge in [-0.15, -0.1) is 12.6 Å². The second-order valence-corrected chi connectivity index (χ2v) is 2.58. The standard InChI is InChI=1S/C6H10N2O4S.C2H6O/c1-3-12-6(10)8-4(13)7-5(9)11-2;1-3-2/h3H2,1-2H3,(H2,7,8,9,10,13);1-2H3. The zero-order valence-corrected chi connectivity index (χ0v) is 10.5. The van der Waals surface area contributed by atoms with Gasteiger partial charge in [-0.05, 0) is 6.92 Å². The van der Waals surface area contributed by atoms with Crippen LogP contribution in [0.4, 0.5) is 9.59 Å². The molecule has 0 saturated carbocycles. The van der Waals surface area contributed by atoms with Gasteiger partial charge in [-0.3, -0.25) is 5.32 Å². The molecule has 94 valence electrons. The van der Waals surface area contributed by atoms with E-state index in [1.165, 1.54) is 7.11 Å². The van der Waals surface area contributed by atoms with Crippen LogP contribution in [0.2, 0.25) is 0 Å². The summed E-state index contributed by atoms with van der Waals surface area (Å²) in [6.45, 7) is 1.85. The Labute approximate surface area is 99.6 Å². The van der Waals surface area contributed by atoms with Gasteiger partial charge in [-0.2, -0.15) is 4.99 Å². The lowest BCUT2D eigenvalue weighted by atomic mass is 10.9. The van der Waals surface area contributed by atoms with Crippen LogP contribution in [0.15, 0.2) is 4.99 Å². The van der Waals surface area contributed by atoms with E-state index in [2.05, 4.69) is 37.1 Å². The minimum atomic E-state index is -0.816. The van der Waals surface area contributed by atoms with Crippen molar-refractivity contribution in [2.45, 2.75) is 6.92 Å². The molecule has 0 heterocycles. The van der Waals surface area contributed by atoms with E-state index in [0.29, 0.717) is 0 Å². The Hall–Kier alpha value is -1.28. The number of thiol groups is 1. The number of rotatable bonds is 1. The maximum absolute atomic E-state index is 10.7. The molecule has 2 amide bonds. The summed E-state index contributed by atoms with van der Waals surface area (Å²) in [6, 6.07) is 0. The maximum atomic E-state index is 10.7. The van der Waals surface area contributed by atoms with E-state index >= 15 is 0 Å². The molecule has 0 aromatic rings. The Morgan fingerprint density at radius 3 is 2.19 bits per heavy atom. The van der Waals surface area contributed by atoms with Gasteiger partial charge in [-0.25, -0.2) is 9.59 Å². The summed E-state index contributed by atoms with van der Waals surface area (Å²) in [5.41, 5.74) is 0. The molecule has 1 N–H and O–H groups in total. The van der Waals surface area contributed by atoms with Crippen LogP contribution < -0.4 is 5.32 Å². The molecule has 0 saturated heterocycles. The predicted molar refractivity (Wildman–Crippen MR) is 61.9 cm³/mol. The summed E-state index contributed by atoms with van der Waals surface area (Å²) in [6.07, 6.45) is -1.57. The Balaban J connectivity index is 0. The fourth-order valence-corrected chi connectivity index (χ4v) is 0.585. The number of methoxy groups -OCH3 is 2. The number of nitrogens with zero attached hydrogens (tertiary/aromatic N) is 1. The van der Waals surface area contributed by atoms with E-state index in [-0.39, 0.29) is 11.8 Å². The summed E-state index contributed by atoms with van der Waals surface area (Å²) in [7, 11) is 4.43. The predicted octanol–water partition coefficient (Wildman–Crippen LogP) is 1.05. The second kappa shape index (κ2) is 11.8. The molecular formula is C8H16N2O5S. The molecule has 0 fully saturated rings. The molecule has 16 heavy (non-hydrogen) atoms. The molecule has 0 aliphatic heterocycles. The topological polar surface area (TPSA) is 86.2 Å². The number of ether oxygens (including phenoxy) is 3. The highest BCUT2D eigenvalue weighted by Gasteiger charge is 2.04. The molecule has 0 aliphatic rings. The SMILES string of the molecule is CCOC(=O)/N=C(\S)NC(=O)OC.COC. The Morgan fingerprint density at radius 2 is 1.81 bits per heavy atom. The van der Waals surface area contributed by atoms with E-state index in [0.717, 1.165) is 0 Å². The lowest BCUT2D eigenvalue weighted by Gasteiger charge is -2.00. The van der Waals surface area contributed by atoms with Crippen LogP contribution in [0.25, 0.3) is 0 Å². The van der Waals surface area contributed by atoms with Crippen molar-refractivity contribution in [3.05, 3.63) is 0 Å². The third kappa shape index (κ3) is 12.7. The highest BCUT2D eigenvalue weighted by Crippen LogP contribution is 1.88. The molecular weight excluding hydrogens is 236 g/mol. The van der Waals surface area contributed by atoms with E-state index in [9.17, 15) is 9.59 Å². The molecule has 0 unspecified atom stereocenters. The molecule has 8 heteroatoms. The summed E-state index contributed by atoms with van der Waals surface area (Å²) >= 11 is 3.69. The van der Waals surface area contributed by atoms with Gasteiger partial charge in [-0.1, -0.05) is 0 Å². The number of aliphatic imine (C=N–C) groups is 1. The zero-order valence-electron chi connectivity index (χ0n) is 9.64. The fourth-order valence-electron chi connectivity index (χ4n) is 0.412. The van der Waals surface area contributed by atoms with Crippen molar-refractivity contribution < 1.29 is 23.8 Å². The molecule has 0 spiro atoms. The second-order valence-electron chi connectivity index (χ2n) is 2.16. The average molecular weight is 252 g/mol. The molecule has 0 rings (SSSR count). The van der Waals surface area contributed by atoms with E-state index < -0.39 is 12.2 Å². The Kier molecular flexibility index (Phi) is 12.6. The van der Waals surface area contributed by atoms with Crippen molar-refractivity contribution in [2.75, 3.05) is 27.9 Å². The van der Waals surface area contributed by atoms with Gasteiger partial charge in [0.1, 0.15) is 0 Å². The van der Waals surface area contributed by atoms with Gasteiger partial charge >= 0.3 is 12.2 Å². The van der Waals surface area contributed by atoms with E-state index in [4.69, 9.17) is 0 Å². The number of alkyl carbamates (subject to hydrolysis) is 1. The minimum Gasteiger partial charge on any atom is -0.453 e. The highest BCUT2D eigenvalue weighted by molar-refractivity contribution is 7.96. The van der Waals surface area contributed by atoms with Gasteiger partial charge in [0, 0.05) is 14.2 Å². The van der Waals surface area contributed by atoms with Crippen LogP contribution in [0.1, 0.15) is 6.92 Å². The highest BCUT2D eigenvalue weighted by atomic mass is 32.1. The number of amides is 2. The van der Waals surface area contributed by atoms with E-state index in [1.807, 2.05) is 0 Å². The first-order valence-corrected chi connectivity index (χ1v) is 4.66. The smallest absolute Gasteiger partial charge is 0.436 e. The summed E-state index contributed by atoms with van der Waals surface area (Å²) in [5, 5.41) is 1.90. The first-order valence-electron chi connectivity index (χ1n) is 4.21. The molecule has 0 atom stereocenters. The third-order valence-corrected chi connectivity index (χ3v) is 1.08. The van der Waals surface area contributed by atoms with Gasteiger partial charge in [0.15, 0.2) is 5.17 Å². The monoisotopic (exact) mass is 252 g/mol. The number of carbonyl (C=O) groups is 2. The normalized spacial score (nSPS) is 9.69. The van der Waals surface area contributed by atoms with Crippen molar-refractivity contribution >= 4 is 30.0 Å². The Morgan fingerprint density at radius 1 is 1.31 bits per heavy atom. The van der Waals surface area contributed by atoms with Crippen molar-refractivity contribution in [3.63, 3.8) is 0 Å². The molecule has 0 aliphatic carbocycles. The molecule has 7 nitrogen and oxygen atoms in total. The van der Waals surface area contributed by atoms with Crippen LogP contribution >= 0.6 is 12.6 Å². The van der Waals surface area contributed by atoms with Crippen molar-refractivity contribution in [1.82, 2.24) is 5.32 Å². The largest absolute Gasteiger partial charge is 0.453 e. The van der Waals surface area contributed by atoms with Crippen LogP contribution in [0, 0.1) is 0 Å². The molecule has 0 aromatic carbocycles. The lowest BCUT2D eigenvalue weighted by Crippen LogP contribution is -2.27. The minimum absolute atomic E-state index is 0.176. The maximum Gasteiger partial charge on any atom is 0.436 e. The fraction of sp³-hybridized carbons (Fsp3) is 0.625. The van der Waals surface area contributed by atoms with Gasteiger partial charge < -0.3 is 14.2 Å². The van der Waals surface area contributed by atoms with Crippen LogP contribution in [-0.4, -0.2) is 45.3 Å². The third-order valence-electron chi connectivity index (χ3n) is 0.864. The van der Waals surface area contributed by atoms with Crippen LogP contribution in [0.3, 0.4) is 0 Å². The first-order chi connectivity index (χ1) is 7.51. The zero-order chi connectivity index (χ0) is 13.0. The van der Waals surface area contributed by atoms with Gasteiger partial charge in [0.05, 0.1) is 13.7 Å². The summed E-state index contributed by atoms with van der Waals surface area (Å²) < 4.78 is 12.9. The number of hydrogen-bond donors (Lipinski definition) is 2. The number of amidine groups is 1. The van der Waals surface area contributed by atoms with Crippen molar-refractivity contribution in [2.24, 2.45) is 4.99 Å². The average Bonchev–Trinajstić information content (AvgIpc) is 2.18. The summed E-state index contributed by atoms with van der Waals surface area (Å²) in [4.78, 5) is 24.5. The van der Waals surface area contributed by atoms with E-state index in [1.54, 1.807) is 21.1 Å². The van der Waals surface area contributed by atoms with Crippen molar-refractivity contribution in [3.8, 4) is 0 Å². The number of hydrogen-bond acceptors (Lipinski definition) is 5. The summed E-state index contributed by atoms with van der Waals surface area (Å²) in [5.74, 6) is 0. The molecule has 0 aromatic heterocycles. The number of carbonyl (C=O) groups excluding carboxylic acids is 2. The van der Waals surface area contributed by atoms with Crippen molar-refractivity contribution in [1.29, 1.82) is 0 Å². The quantitative estimate of drug-likeness (QED) is 0.414. The van der Waals surface area contributed by atoms with Gasteiger partial charge in [0.2, 0.25) is 0 Å². The molecule has 0 bridgehead atoms. The van der Waals surface area contributed by atoms with Crippen LogP contribution in [0.5, 0.6) is 0 Å². The van der Waals surface area contributed by atoms with Gasteiger partial charge in [0.25, 0.3) is 0 Å².